The van der Waals surface area contributed by atoms with Crippen molar-refractivity contribution in [2.45, 2.75) is 25.8 Å². The summed E-state index contributed by atoms with van der Waals surface area (Å²) in [5.41, 5.74) is -0.231. The minimum absolute atomic E-state index is 0.0660. The summed E-state index contributed by atoms with van der Waals surface area (Å²) in [6.07, 6.45) is 5.71. The van der Waals surface area contributed by atoms with Crippen molar-refractivity contribution in [3.05, 3.63) is 28.3 Å². The number of hydrogen-bond acceptors (Lipinski definition) is 5. The van der Waals surface area contributed by atoms with Gasteiger partial charge in [0.1, 0.15) is 11.7 Å². The van der Waals surface area contributed by atoms with Crippen molar-refractivity contribution in [2.24, 2.45) is 0 Å². The minimum Gasteiger partial charge on any atom is -0.487 e. The zero-order chi connectivity index (χ0) is 15.8. The largest absolute Gasteiger partial charge is 0.487 e. The first-order valence-electron chi connectivity index (χ1n) is 6.34. The number of nitro benzene ring substituents is 1. The first-order valence-corrected chi connectivity index (χ1v) is 6.34. The number of ether oxygens (including phenoxy) is 1. The average Bonchev–Trinajstić information content (AvgIpc) is 2.44. The normalized spacial score (nSPS) is 11.2. The fraction of sp³-hybridized carbons (Fsp3) is 0.357. The summed E-state index contributed by atoms with van der Waals surface area (Å²) >= 11 is 0. The Morgan fingerprint density at radius 3 is 2.86 bits per heavy atom. The summed E-state index contributed by atoms with van der Waals surface area (Å²) in [4.78, 5) is 21.7. The molecular weight excluding hydrogens is 276 g/mol. The summed E-state index contributed by atoms with van der Waals surface area (Å²) in [6.45, 7) is 2.21. The van der Waals surface area contributed by atoms with E-state index in [1.807, 2.05) is 6.92 Å². The molecule has 2 N–H and O–H groups in total. The lowest BCUT2D eigenvalue weighted by Crippen LogP contribution is -2.29. The van der Waals surface area contributed by atoms with Crippen LogP contribution in [0.2, 0.25) is 0 Å². The Bertz CT molecular complexity index is 565. The van der Waals surface area contributed by atoms with E-state index in [9.17, 15) is 14.9 Å². The third kappa shape index (κ3) is 4.38. The zero-order valence-corrected chi connectivity index (χ0v) is 11.5. The van der Waals surface area contributed by atoms with Crippen LogP contribution >= 0.6 is 0 Å². The molecule has 0 saturated heterocycles. The van der Waals surface area contributed by atoms with E-state index >= 15 is 0 Å². The summed E-state index contributed by atoms with van der Waals surface area (Å²) in [7, 11) is 0. The van der Waals surface area contributed by atoms with Crippen molar-refractivity contribution in [3.63, 3.8) is 0 Å². The van der Waals surface area contributed by atoms with Gasteiger partial charge in [-0.3, -0.25) is 10.1 Å². The molecule has 0 bridgehead atoms. The molecular formula is C14H16N2O5. The number of anilines is 1. The second-order valence-corrected chi connectivity index (χ2v) is 4.20. The maximum absolute atomic E-state index is 11.2. The summed E-state index contributed by atoms with van der Waals surface area (Å²) in [6, 6.07) is 3.34. The van der Waals surface area contributed by atoms with Crippen LogP contribution in [0.4, 0.5) is 11.4 Å². The molecule has 0 spiro atoms. The zero-order valence-electron chi connectivity index (χ0n) is 11.5. The van der Waals surface area contributed by atoms with E-state index in [0.717, 1.165) is 0 Å². The van der Waals surface area contributed by atoms with Crippen molar-refractivity contribution in [2.75, 3.05) is 11.9 Å². The Morgan fingerprint density at radius 2 is 2.33 bits per heavy atom. The number of nitrogens with one attached hydrogen (secondary N) is 1. The van der Waals surface area contributed by atoms with Gasteiger partial charge in [-0.05, 0) is 18.6 Å². The van der Waals surface area contributed by atoms with Gasteiger partial charge in [-0.1, -0.05) is 13.0 Å². The molecule has 1 atom stereocenters. The van der Waals surface area contributed by atoms with Gasteiger partial charge in [0.2, 0.25) is 0 Å². The topological polar surface area (TPSA) is 102 Å². The highest BCUT2D eigenvalue weighted by atomic mass is 16.6. The van der Waals surface area contributed by atoms with Gasteiger partial charge < -0.3 is 15.2 Å². The van der Waals surface area contributed by atoms with E-state index in [1.165, 1.54) is 12.1 Å². The van der Waals surface area contributed by atoms with Crippen LogP contribution in [0.3, 0.4) is 0 Å². The van der Waals surface area contributed by atoms with Crippen molar-refractivity contribution in [3.8, 4) is 18.1 Å². The molecule has 1 aromatic rings. The van der Waals surface area contributed by atoms with E-state index in [4.69, 9.17) is 16.3 Å². The van der Waals surface area contributed by atoms with Crippen LogP contribution in [0.5, 0.6) is 5.75 Å². The fourth-order valence-corrected chi connectivity index (χ4v) is 1.66. The number of terminal acetylenes is 1. The Balaban J connectivity index is 3.13. The second-order valence-electron chi connectivity index (χ2n) is 4.20. The molecule has 0 aromatic heterocycles. The van der Waals surface area contributed by atoms with Crippen LogP contribution in [-0.4, -0.2) is 28.6 Å². The molecule has 1 unspecified atom stereocenters. The number of para-hydroxylation sites is 1. The lowest BCUT2D eigenvalue weighted by molar-refractivity contribution is -0.385. The van der Waals surface area contributed by atoms with E-state index in [0.29, 0.717) is 13.0 Å². The lowest BCUT2D eigenvalue weighted by Gasteiger charge is -2.15. The van der Waals surface area contributed by atoms with Gasteiger partial charge in [0.15, 0.2) is 5.75 Å². The number of carboxylic acid groups (broad SMARTS) is 1. The van der Waals surface area contributed by atoms with Crippen LogP contribution in [0.15, 0.2) is 18.2 Å². The number of nitro groups is 1. The smallest absolute Gasteiger partial charge is 0.333 e. The maximum atomic E-state index is 11.2. The first-order chi connectivity index (χ1) is 10.0. The molecule has 0 radical (unpaired) electrons. The Kier molecular flexibility index (Phi) is 6.01. The fourth-order valence-electron chi connectivity index (χ4n) is 1.66. The average molecular weight is 292 g/mol. The predicted octanol–water partition coefficient (Wildman–Crippen LogP) is 2.27. The van der Waals surface area contributed by atoms with Gasteiger partial charge in [0.25, 0.3) is 0 Å². The molecule has 0 amide bonds. The predicted molar refractivity (Wildman–Crippen MR) is 77.4 cm³/mol. The molecule has 1 aromatic carbocycles. The maximum Gasteiger partial charge on any atom is 0.333 e. The van der Waals surface area contributed by atoms with Gasteiger partial charge in [0, 0.05) is 6.42 Å². The molecule has 0 heterocycles. The van der Waals surface area contributed by atoms with Crippen molar-refractivity contribution in [1.29, 1.82) is 0 Å². The molecule has 0 saturated carbocycles. The number of nitrogens with zero attached hydrogens (tertiary/aromatic N) is 1. The van der Waals surface area contributed by atoms with E-state index in [2.05, 4.69) is 11.2 Å². The molecule has 0 aliphatic carbocycles. The number of aliphatic carboxylic acids is 1. The van der Waals surface area contributed by atoms with Crippen molar-refractivity contribution >= 4 is 17.3 Å². The Morgan fingerprint density at radius 1 is 1.62 bits per heavy atom. The standard InChI is InChI=1S/C14H16N2O5/c1-3-6-11(14(17)18)15-10-7-5-8-12(21-9-4-2)13(10)16(19)20/h1,5,7-8,11,15H,4,6,9H2,2H3,(H,17,18). The Hall–Kier alpha value is -2.75. The van der Waals surface area contributed by atoms with Crippen LogP contribution in [0, 0.1) is 22.5 Å². The molecule has 1 rings (SSSR count). The monoisotopic (exact) mass is 292 g/mol. The highest BCUT2D eigenvalue weighted by Gasteiger charge is 2.25. The van der Waals surface area contributed by atoms with Crippen LogP contribution in [0.1, 0.15) is 19.8 Å². The van der Waals surface area contributed by atoms with Gasteiger partial charge in [0.05, 0.1) is 11.5 Å². The van der Waals surface area contributed by atoms with Gasteiger partial charge in [-0.2, -0.15) is 0 Å². The highest BCUT2D eigenvalue weighted by molar-refractivity contribution is 5.80. The number of rotatable bonds is 8. The second kappa shape index (κ2) is 7.75. The van der Waals surface area contributed by atoms with Crippen molar-refractivity contribution < 1.29 is 19.6 Å². The van der Waals surface area contributed by atoms with Gasteiger partial charge in [-0.25, -0.2) is 4.79 Å². The third-order valence-corrected chi connectivity index (χ3v) is 2.59. The van der Waals surface area contributed by atoms with Crippen LogP contribution in [0.25, 0.3) is 0 Å². The number of carbonyl (C=O) groups is 1. The highest BCUT2D eigenvalue weighted by Crippen LogP contribution is 2.35. The summed E-state index contributed by atoms with van der Waals surface area (Å²) < 4.78 is 5.32. The third-order valence-electron chi connectivity index (χ3n) is 2.59. The van der Waals surface area contributed by atoms with E-state index in [1.54, 1.807) is 6.07 Å². The molecule has 0 fully saturated rings. The molecule has 21 heavy (non-hydrogen) atoms. The lowest BCUT2D eigenvalue weighted by atomic mass is 10.1. The SMILES string of the molecule is C#CCC(Nc1cccc(OCCC)c1[N+](=O)[O-])C(=O)O. The number of benzene rings is 1. The van der Waals surface area contributed by atoms with Crippen LogP contribution in [-0.2, 0) is 4.79 Å². The quantitative estimate of drug-likeness (QED) is 0.433. The Labute approximate surface area is 122 Å². The van der Waals surface area contributed by atoms with Crippen molar-refractivity contribution in [1.82, 2.24) is 0 Å². The minimum atomic E-state index is -1.18. The summed E-state index contributed by atoms with van der Waals surface area (Å²) in [5.74, 6) is 1.14. The van der Waals surface area contributed by atoms with E-state index < -0.39 is 16.9 Å². The van der Waals surface area contributed by atoms with Gasteiger partial charge in [-0.15, -0.1) is 12.3 Å². The number of hydrogen-bond donors (Lipinski definition) is 2. The molecule has 0 aliphatic heterocycles. The molecule has 7 heteroatoms. The number of carboxylic acids is 1. The summed E-state index contributed by atoms with van der Waals surface area (Å²) in [5, 5.41) is 22.8. The molecule has 7 nitrogen and oxygen atoms in total. The van der Waals surface area contributed by atoms with Crippen LogP contribution < -0.4 is 10.1 Å². The first kappa shape index (κ1) is 16.3. The molecule has 112 valence electrons. The van der Waals surface area contributed by atoms with E-state index in [-0.39, 0.29) is 23.5 Å². The van der Waals surface area contributed by atoms with Gasteiger partial charge >= 0.3 is 11.7 Å². The molecule has 0 aliphatic rings.